The zero-order chi connectivity index (χ0) is 12.5. The predicted molar refractivity (Wildman–Crippen MR) is 71.9 cm³/mol. The van der Waals surface area contributed by atoms with Gasteiger partial charge in [-0.05, 0) is 36.8 Å². The van der Waals surface area contributed by atoms with Gasteiger partial charge in [-0.2, -0.15) is 0 Å². The molecular formula is C15H18N2O. The summed E-state index contributed by atoms with van der Waals surface area (Å²) in [4.78, 5) is 11.9. The van der Waals surface area contributed by atoms with E-state index in [-0.39, 0.29) is 5.69 Å². The first-order valence-electron chi connectivity index (χ1n) is 6.62. The van der Waals surface area contributed by atoms with Crippen LogP contribution in [0.25, 0.3) is 0 Å². The molecule has 0 aliphatic heterocycles. The van der Waals surface area contributed by atoms with Crippen LogP contribution in [0.4, 0.5) is 0 Å². The van der Waals surface area contributed by atoms with Crippen LogP contribution < -0.4 is 5.69 Å². The van der Waals surface area contributed by atoms with E-state index in [0.717, 1.165) is 12.5 Å². The molecule has 2 aromatic rings. The fraction of sp³-hybridized carbons (Fsp3) is 0.400. The summed E-state index contributed by atoms with van der Waals surface area (Å²) in [6.07, 6.45) is 6.37. The van der Waals surface area contributed by atoms with Gasteiger partial charge in [0.2, 0.25) is 0 Å². The minimum Gasteiger partial charge on any atom is -0.300 e. The van der Waals surface area contributed by atoms with Crippen molar-refractivity contribution < 1.29 is 0 Å². The third-order valence-corrected chi connectivity index (χ3v) is 3.64. The minimum absolute atomic E-state index is 0.0729. The van der Waals surface area contributed by atoms with E-state index in [1.54, 1.807) is 9.13 Å². The van der Waals surface area contributed by atoms with Crippen LogP contribution in [0.5, 0.6) is 0 Å². The smallest absolute Gasteiger partial charge is 0.300 e. The van der Waals surface area contributed by atoms with E-state index >= 15 is 0 Å². The van der Waals surface area contributed by atoms with Crippen molar-refractivity contribution in [1.29, 1.82) is 0 Å². The Morgan fingerprint density at radius 2 is 1.78 bits per heavy atom. The van der Waals surface area contributed by atoms with Crippen molar-refractivity contribution in [3.63, 3.8) is 0 Å². The first-order chi connectivity index (χ1) is 8.78. The van der Waals surface area contributed by atoms with Crippen LogP contribution >= 0.6 is 0 Å². The van der Waals surface area contributed by atoms with Crippen LogP contribution in [0.15, 0.2) is 41.5 Å². The maximum Gasteiger partial charge on any atom is 0.328 e. The zero-order valence-corrected chi connectivity index (χ0v) is 10.7. The third-order valence-electron chi connectivity index (χ3n) is 3.64. The predicted octanol–water partition coefficient (Wildman–Crippen LogP) is 2.60. The SMILES string of the molecule is CCn1ccn(Cc2ccc(C3CC3)cc2)c1=O. The number of hydrogen-bond donors (Lipinski definition) is 0. The Morgan fingerprint density at radius 3 is 2.33 bits per heavy atom. The summed E-state index contributed by atoms with van der Waals surface area (Å²) < 4.78 is 3.48. The van der Waals surface area contributed by atoms with Gasteiger partial charge in [0.1, 0.15) is 0 Å². The lowest BCUT2D eigenvalue weighted by Gasteiger charge is -2.04. The molecule has 0 N–H and O–H groups in total. The van der Waals surface area contributed by atoms with Crippen LogP contribution in [-0.4, -0.2) is 9.13 Å². The van der Waals surface area contributed by atoms with E-state index in [4.69, 9.17) is 0 Å². The molecule has 1 aliphatic carbocycles. The molecule has 18 heavy (non-hydrogen) atoms. The first kappa shape index (κ1) is 11.3. The summed E-state index contributed by atoms with van der Waals surface area (Å²) in [5.41, 5.74) is 2.70. The van der Waals surface area contributed by atoms with Gasteiger partial charge >= 0.3 is 5.69 Å². The molecule has 1 heterocycles. The Balaban J connectivity index is 1.78. The fourth-order valence-corrected chi connectivity index (χ4v) is 2.32. The molecule has 1 fully saturated rings. The Labute approximate surface area is 107 Å². The van der Waals surface area contributed by atoms with Gasteiger partial charge in [-0.1, -0.05) is 24.3 Å². The van der Waals surface area contributed by atoms with Gasteiger partial charge in [-0.3, -0.25) is 9.13 Å². The number of rotatable bonds is 4. The highest BCUT2D eigenvalue weighted by atomic mass is 16.1. The van der Waals surface area contributed by atoms with Gasteiger partial charge in [0.05, 0.1) is 6.54 Å². The maximum absolute atomic E-state index is 11.9. The van der Waals surface area contributed by atoms with Gasteiger partial charge in [0, 0.05) is 18.9 Å². The Hall–Kier alpha value is -1.77. The second-order valence-corrected chi connectivity index (χ2v) is 5.01. The highest BCUT2D eigenvalue weighted by molar-refractivity contribution is 5.28. The molecule has 3 heteroatoms. The number of aromatic nitrogens is 2. The van der Waals surface area contributed by atoms with Gasteiger partial charge < -0.3 is 0 Å². The highest BCUT2D eigenvalue weighted by Crippen LogP contribution is 2.39. The van der Waals surface area contributed by atoms with Gasteiger partial charge in [0.25, 0.3) is 0 Å². The molecule has 3 rings (SSSR count). The molecule has 1 saturated carbocycles. The summed E-state index contributed by atoms with van der Waals surface area (Å²) >= 11 is 0. The largest absolute Gasteiger partial charge is 0.328 e. The van der Waals surface area contributed by atoms with E-state index in [9.17, 15) is 4.79 Å². The normalized spacial score (nSPS) is 14.9. The molecule has 3 nitrogen and oxygen atoms in total. The molecule has 0 unspecified atom stereocenters. The number of nitrogens with zero attached hydrogens (tertiary/aromatic N) is 2. The Bertz CT molecular complexity index is 588. The maximum atomic E-state index is 11.9. The van der Waals surface area contributed by atoms with Crippen molar-refractivity contribution in [3.8, 4) is 0 Å². The van der Waals surface area contributed by atoms with E-state index in [0.29, 0.717) is 6.54 Å². The first-order valence-corrected chi connectivity index (χ1v) is 6.62. The number of aryl methyl sites for hydroxylation is 1. The summed E-state index contributed by atoms with van der Waals surface area (Å²) in [5.74, 6) is 0.794. The van der Waals surface area contributed by atoms with E-state index < -0.39 is 0 Å². The van der Waals surface area contributed by atoms with Crippen LogP contribution in [-0.2, 0) is 13.1 Å². The van der Waals surface area contributed by atoms with Crippen LogP contribution in [0.3, 0.4) is 0 Å². The van der Waals surface area contributed by atoms with Crippen molar-refractivity contribution in [2.24, 2.45) is 0 Å². The molecule has 0 bridgehead atoms. The molecule has 1 aliphatic rings. The monoisotopic (exact) mass is 242 g/mol. The van der Waals surface area contributed by atoms with Gasteiger partial charge in [-0.25, -0.2) is 4.79 Å². The fourth-order valence-electron chi connectivity index (χ4n) is 2.32. The molecule has 0 saturated heterocycles. The minimum atomic E-state index is 0.0729. The lowest BCUT2D eigenvalue weighted by Crippen LogP contribution is -2.23. The summed E-state index contributed by atoms with van der Waals surface area (Å²) in [6, 6.07) is 8.69. The van der Waals surface area contributed by atoms with Crippen molar-refractivity contribution in [2.75, 3.05) is 0 Å². The lowest BCUT2D eigenvalue weighted by atomic mass is 10.1. The molecule has 0 radical (unpaired) electrons. The Kier molecular flexibility index (Phi) is 2.82. The lowest BCUT2D eigenvalue weighted by molar-refractivity contribution is 0.668. The van der Waals surface area contributed by atoms with Crippen molar-refractivity contribution in [2.45, 2.75) is 38.8 Å². The molecule has 1 aromatic heterocycles. The molecule has 0 amide bonds. The topological polar surface area (TPSA) is 26.9 Å². The van der Waals surface area contributed by atoms with Crippen molar-refractivity contribution in [1.82, 2.24) is 9.13 Å². The average molecular weight is 242 g/mol. The van der Waals surface area contributed by atoms with Crippen molar-refractivity contribution in [3.05, 3.63) is 58.3 Å². The quantitative estimate of drug-likeness (QED) is 0.809. The van der Waals surface area contributed by atoms with Crippen LogP contribution in [0.1, 0.15) is 36.8 Å². The Morgan fingerprint density at radius 1 is 1.11 bits per heavy atom. The van der Waals surface area contributed by atoms with E-state index in [2.05, 4.69) is 24.3 Å². The van der Waals surface area contributed by atoms with E-state index in [1.165, 1.54) is 24.0 Å². The van der Waals surface area contributed by atoms with Gasteiger partial charge in [0.15, 0.2) is 0 Å². The molecule has 94 valence electrons. The zero-order valence-electron chi connectivity index (χ0n) is 10.7. The average Bonchev–Trinajstić information content (AvgIpc) is 3.18. The standard InChI is InChI=1S/C15H18N2O/c1-2-16-9-10-17(15(16)18)11-12-3-5-13(6-4-12)14-7-8-14/h3-6,9-10,14H,2,7-8,11H2,1H3. The summed E-state index contributed by atoms with van der Waals surface area (Å²) in [7, 11) is 0. The summed E-state index contributed by atoms with van der Waals surface area (Å²) in [6.45, 7) is 3.37. The molecule has 1 aromatic carbocycles. The molecular weight excluding hydrogens is 224 g/mol. The van der Waals surface area contributed by atoms with Crippen LogP contribution in [0, 0.1) is 0 Å². The number of hydrogen-bond acceptors (Lipinski definition) is 1. The second kappa shape index (κ2) is 4.48. The number of benzene rings is 1. The highest BCUT2D eigenvalue weighted by Gasteiger charge is 2.22. The van der Waals surface area contributed by atoms with Crippen LogP contribution in [0.2, 0.25) is 0 Å². The molecule has 0 atom stereocenters. The molecule has 0 spiro atoms. The van der Waals surface area contributed by atoms with Crippen molar-refractivity contribution >= 4 is 0 Å². The van der Waals surface area contributed by atoms with E-state index in [1.807, 2.05) is 19.3 Å². The second-order valence-electron chi connectivity index (χ2n) is 5.01. The van der Waals surface area contributed by atoms with Gasteiger partial charge in [-0.15, -0.1) is 0 Å². The number of imidazole rings is 1. The summed E-state index contributed by atoms with van der Waals surface area (Å²) in [5, 5.41) is 0. The third kappa shape index (κ3) is 2.13.